The smallest absolute Gasteiger partial charge is 0.422 e. The van der Waals surface area contributed by atoms with Crippen LogP contribution in [0.25, 0.3) is 0 Å². The molecule has 0 N–H and O–H groups in total. The zero-order valence-corrected chi connectivity index (χ0v) is 10.9. The summed E-state index contributed by atoms with van der Waals surface area (Å²) in [6, 6.07) is 7.30. The first kappa shape index (κ1) is 12.9. The van der Waals surface area contributed by atoms with Crippen molar-refractivity contribution in [3.63, 3.8) is 0 Å². The monoisotopic (exact) mass is 266 g/mol. The molecule has 1 rings (SSSR count). The van der Waals surface area contributed by atoms with Crippen molar-refractivity contribution in [2.45, 2.75) is 26.2 Å². The predicted octanol–water partition coefficient (Wildman–Crippen LogP) is 4.99. The van der Waals surface area contributed by atoms with Crippen LogP contribution in [0.15, 0.2) is 24.3 Å². The van der Waals surface area contributed by atoms with Gasteiger partial charge in [-0.05, 0) is 30.5 Å². The second kappa shape index (κ2) is 5.79. The van der Waals surface area contributed by atoms with Crippen molar-refractivity contribution in [3.05, 3.63) is 29.8 Å². The van der Waals surface area contributed by atoms with Crippen molar-refractivity contribution in [2.24, 2.45) is 0 Å². The number of aryl methyl sites for hydroxylation is 1. The molecule has 0 radical (unpaired) electrons. The Morgan fingerprint density at radius 3 is 2.33 bits per heavy atom. The van der Waals surface area contributed by atoms with Gasteiger partial charge in [0, 0.05) is 22.5 Å². The fourth-order valence-electron chi connectivity index (χ4n) is 1.22. The van der Waals surface area contributed by atoms with E-state index < -0.39 is 6.07 Å². The summed E-state index contributed by atoms with van der Waals surface area (Å²) in [6.07, 6.45) is -0.122. The maximum absolute atomic E-state index is 10.9. The molecule has 1 aromatic rings. The van der Waals surface area contributed by atoms with Gasteiger partial charge in [0.2, 0.25) is 0 Å². The molecule has 15 heavy (non-hydrogen) atoms. The van der Waals surface area contributed by atoms with E-state index in [9.17, 15) is 4.57 Å². The van der Waals surface area contributed by atoms with E-state index in [2.05, 4.69) is 6.92 Å². The summed E-state index contributed by atoms with van der Waals surface area (Å²) in [5, 5.41) is 0. The maximum Gasteiger partial charge on any atom is 0.428 e. The van der Waals surface area contributed by atoms with E-state index >= 15 is 0 Å². The molecule has 0 aliphatic heterocycles. The predicted molar refractivity (Wildman–Crippen MR) is 65.0 cm³/mol. The topological polar surface area (TPSA) is 26.3 Å². The second-order valence-electron chi connectivity index (χ2n) is 3.25. The summed E-state index contributed by atoms with van der Waals surface area (Å²) in [7, 11) is 0. The molecular formula is C10H13Cl2O2P. The van der Waals surface area contributed by atoms with Crippen molar-refractivity contribution < 1.29 is 9.09 Å². The van der Waals surface area contributed by atoms with Crippen LogP contribution >= 0.6 is 28.6 Å². The highest BCUT2D eigenvalue weighted by atomic mass is 35.9. The Morgan fingerprint density at radius 1 is 1.27 bits per heavy atom. The molecule has 84 valence electrons. The van der Waals surface area contributed by atoms with Crippen LogP contribution in [-0.2, 0) is 11.0 Å². The van der Waals surface area contributed by atoms with Crippen LogP contribution in [0, 0.1) is 0 Å². The maximum atomic E-state index is 10.9. The molecule has 5 heteroatoms. The number of rotatable bonds is 5. The number of unbranched alkanes of at least 4 members (excludes halogenated alkanes) is 1. The molecule has 2 nitrogen and oxygen atoms in total. The molecular weight excluding hydrogens is 254 g/mol. The summed E-state index contributed by atoms with van der Waals surface area (Å²) in [5.74, 6) is 0.434. The Labute approximate surface area is 99.6 Å². The molecule has 0 atom stereocenters. The SMILES string of the molecule is CCCCc1ccc(OP(=O)(Cl)Cl)cc1. The van der Waals surface area contributed by atoms with E-state index in [0.717, 1.165) is 19.3 Å². The molecule has 0 aliphatic rings. The minimum Gasteiger partial charge on any atom is -0.422 e. The third-order valence-corrected chi connectivity index (χ3v) is 2.79. The van der Waals surface area contributed by atoms with Gasteiger partial charge in [-0.25, -0.2) is 4.57 Å². The van der Waals surface area contributed by atoms with Gasteiger partial charge < -0.3 is 4.52 Å². The molecule has 0 saturated heterocycles. The Bertz CT molecular complexity index is 345. The number of hydrogen-bond donors (Lipinski definition) is 0. The van der Waals surface area contributed by atoms with Crippen LogP contribution in [0.1, 0.15) is 25.3 Å². The van der Waals surface area contributed by atoms with E-state index in [-0.39, 0.29) is 0 Å². The molecule has 0 spiro atoms. The molecule has 0 aromatic heterocycles. The van der Waals surface area contributed by atoms with Gasteiger partial charge in [-0.3, -0.25) is 0 Å². The highest BCUT2D eigenvalue weighted by molar-refractivity contribution is 8.05. The Kier molecular flexibility index (Phi) is 4.98. The molecule has 0 aliphatic carbocycles. The standard InChI is InChI=1S/C10H13Cl2O2P/c1-2-3-4-9-5-7-10(8-6-9)14-15(11,12)13/h5-8H,2-4H2,1H3. The fraction of sp³-hybridized carbons (Fsp3) is 0.400. The van der Waals surface area contributed by atoms with Crippen molar-refractivity contribution in [1.29, 1.82) is 0 Å². The lowest BCUT2D eigenvalue weighted by Crippen LogP contribution is -1.86. The Balaban J connectivity index is 2.60. The fourth-order valence-corrected chi connectivity index (χ4v) is 2.07. The highest BCUT2D eigenvalue weighted by Gasteiger charge is 2.15. The number of benzene rings is 1. The molecule has 0 unspecified atom stereocenters. The first-order valence-electron chi connectivity index (χ1n) is 4.79. The van der Waals surface area contributed by atoms with Crippen LogP contribution in [0.3, 0.4) is 0 Å². The quantitative estimate of drug-likeness (QED) is 0.702. The van der Waals surface area contributed by atoms with Gasteiger partial charge in [0.25, 0.3) is 0 Å². The van der Waals surface area contributed by atoms with Gasteiger partial charge >= 0.3 is 6.07 Å². The zero-order valence-electron chi connectivity index (χ0n) is 8.45. The normalized spacial score (nSPS) is 11.4. The van der Waals surface area contributed by atoms with Crippen molar-refractivity contribution >= 4 is 28.6 Å². The molecule has 0 amide bonds. The molecule has 0 bridgehead atoms. The molecule has 0 fully saturated rings. The van der Waals surface area contributed by atoms with Gasteiger partial charge in [-0.1, -0.05) is 25.5 Å². The van der Waals surface area contributed by atoms with Crippen LogP contribution < -0.4 is 4.52 Å². The molecule has 0 saturated carbocycles. The van der Waals surface area contributed by atoms with Crippen LogP contribution in [0.5, 0.6) is 5.75 Å². The average molecular weight is 267 g/mol. The van der Waals surface area contributed by atoms with E-state index in [4.69, 9.17) is 27.0 Å². The van der Waals surface area contributed by atoms with Gasteiger partial charge in [-0.2, -0.15) is 0 Å². The molecule has 0 heterocycles. The lowest BCUT2D eigenvalue weighted by Gasteiger charge is -2.06. The Hall–Kier alpha value is -0.170. The van der Waals surface area contributed by atoms with Crippen LogP contribution in [0.4, 0.5) is 0 Å². The van der Waals surface area contributed by atoms with Crippen molar-refractivity contribution in [3.8, 4) is 5.75 Å². The summed E-state index contributed by atoms with van der Waals surface area (Å²) < 4.78 is 15.8. The average Bonchev–Trinajstić information content (AvgIpc) is 2.14. The van der Waals surface area contributed by atoms with Gasteiger partial charge in [-0.15, -0.1) is 0 Å². The van der Waals surface area contributed by atoms with Gasteiger partial charge in [0.15, 0.2) is 0 Å². The second-order valence-corrected chi connectivity index (χ2v) is 7.45. The minimum absolute atomic E-state index is 0.434. The largest absolute Gasteiger partial charge is 0.428 e. The van der Waals surface area contributed by atoms with Crippen LogP contribution in [-0.4, -0.2) is 0 Å². The minimum atomic E-state index is -3.48. The molecule has 1 aromatic carbocycles. The third-order valence-electron chi connectivity index (χ3n) is 1.95. The van der Waals surface area contributed by atoms with E-state index in [1.54, 1.807) is 12.1 Å². The zero-order chi connectivity index (χ0) is 11.3. The summed E-state index contributed by atoms with van der Waals surface area (Å²) >= 11 is 10.6. The summed E-state index contributed by atoms with van der Waals surface area (Å²) in [5.41, 5.74) is 1.23. The number of hydrogen-bond acceptors (Lipinski definition) is 2. The summed E-state index contributed by atoms with van der Waals surface area (Å²) in [4.78, 5) is 0. The Morgan fingerprint density at radius 2 is 1.87 bits per heavy atom. The highest BCUT2D eigenvalue weighted by Crippen LogP contribution is 2.57. The number of halogens is 2. The summed E-state index contributed by atoms with van der Waals surface area (Å²) in [6.45, 7) is 2.15. The van der Waals surface area contributed by atoms with Crippen molar-refractivity contribution in [1.82, 2.24) is 0 Å². The van der Waals surface area contributed by atoms with E-state index in [0.29, 0.717) is 5.75 Å². The van der Waals surface area contributed by atoms with E-state index in [1.165, 1.54) is 5.56 Å². The first-order valence-corrected chi connectivity index (χ1v) is 8.22. The lowest BCUT2D eigenvalue weighted by atomic mass is 10.1. The van der Waals surface area contributed by atoms with Crippen LogP contribution in [0.2, 0.25) is 0 Å². The lowest BCUT2D eigenvalue weighted by molar-refractivity contribution is 0.513. The first-order chi connectivity index (χ1) is 7.01. The van der Waals surface area contributed by atoms with Crippen molar-refractivity contribution in [2.75, 3.05) is 0 Å². The van der Waals surface area contributed by atoms with Gasteiger partial charge in [0.1, 0.15) is 5.75 Å². The van der Waals surface area contributed by atoms with Gasteiger partial charge in [0.05, 0.1) is 0 Å². The third kappa shape index (κ3) is 5.46. The van der Waals surface area contributed by atoms with E-state index in [1.807, 2.05) is 12.1 Å².